The van der Waals surface area contributed by atoms with E-state index in [0.29, 0.717) is 19.3 Å². The predicted molar refractivity (Wildman–Crippen MR) is 435 cm³/mol. The van der Waals surface area contributed by atoms with Gasteiger partial charge in [-0.2, -0.15) is 0 Å². The maximum atomic E-state index is 13.0. The van der Waals surface area contributed by atoms with E-state index in [2.05, 4.69) is 215 Å². The van der Waals surface area contributed by atoms with Crippen LogP contribution in [-0.4, -0.2) is 95.9 Å². The zero-order valence-electron chi connectivity index (χ0n) is 64.8. The SMILES string of the molecule is CC/C=C\C/C=C\C/C=C\C/C=C\C/C=C\C/C=C\CCCCCCCCC(=O)OCC(O)COP(=O)(O)OCC(O)COP(=O)(O)OCC(COC(=O)CCCCCCCCC/C=C\C/C=C\C/C=C\C/C=C\C/C=C\CC)OC(=O)CCCCCCC/C=C\C/C=C\C/C=C\C/C=C\C/C=C\CC. The summed E-state index contributed by atoms with van der Waals surface area (Å²) < 4.78 is 61.2. The number of phosphoric ester groups is 2. The smallest absolute Gasteiger partial charge is 0.463 e. The van der Waals surface area contributed by atoms with E-state index in [-0.39, 0.29) is 19.3 Å². The van der Waals surface area contributed by atoms with E-state index in [0.717, 1.165) is 218 Å². The van der Waals surface area contributed by atoms with Gasteiger partial charge >= 0.3 is 33.6 Å². The first kappa shape index (κ1) is 99.4. The van der Waals surface area contributed by atoms with Gasteiger partial charge in [-0.3, -0.25) is 32.5 Å². The molecule has 16 nitrogen and oxygen atoms in total. The van der Waals surface area contributed by atoms with Gasteiger partial charge < -0.3 is 34.2 Å². The van der Waals surface area contributed by atoms with Crippen LogP contribution >= 0.6 is 15.6 Å². The van der Waals surface area contributed by atoms with Crippen molar-refractivity contribution in [2.45, 2.75) is 296 Å². The Bertz CT molecular complexity index is 2690. The number of ether oxygens (including phenoxy) is 3. The predicted octanol–water partition coefficient (Wildman–Crippen LogP) is 23.5. The van der Waals surface area contributed by atoms with Crippen molar-refractivity contribution in [3.8, 4) is 0 Å². The van der Waals surface area contributed by atoms with Gasteiger partial charge in [-0.1, -0.05) is 292 Å². The fourth-order valence-electron chi connectivity index (χ4n) is 9.86. The summed E-state index contributed by atoms with van der Waals surface area (Å²) in [7, 11) is -9.83. The molecule has 0 saturated heterocycles. The molecule has 5 unspecified atom stereocenters. The Morgan fingerprint density at radius 3 is 0.752 bits per heavy atom. The Balaban J connectivity index is 4.75. The monoisotopic (exact) mass is 1500 g/mol. The molecular formula is C87H140O16P2. The Labute approximate surface area is 636 Å². The first-order chi connectivity index (χ1) is 51.2. The molecule has 0 radical (unpaired) electrons. The topological polar surface area (TPSA) is 231 Å². The second-order valence-electron chi connectivity index (χ2n) is 25.7. The first-order valence-corrected chi connectivity index (χ1v) is 42.7. The van der Waals surface area contributed by atoms with E-state index in [1.54, 1.807) is 0 Å². The zero-order chi connectivity index (χ0) is 76.6. The number of phosphoric acid groups is 2. The molecule has 105 heavy (non-hydrogen) atoms. The number of carbonyl (C=O) groups is 3. The molecule has 0 heterocycles. The zero-order valence-corrected chi connectivity index (χ0v) is 66.6. The summed E-state index contributed by atoms with van der Waals surface area (Å²) in [4.78, 5) is 58.8. The van der Waals surface area contributed by atoms with Gasteiger partial charge in [0.05, 0.1) is 26.4 Å². The first-order valence-electron chi connectivity index (χ1n) is 39.7. The van der Waals surface area contributed by atoms with Crippen molar-refractivity contribution in [3.05, 3.63) is 194 Å². The lowest BCUT2D eigenvalue weighted by Gasteiger charge is -2.21. The van der Waals surface area contributed by atoms with Crippen molar-refractivity contribution in [1.29, 1.82) is 0 Å². The van der Waals surface area contributed by atoms with Crippen LogP contribution < -0.4 is 0 Å². The number of rotatable bonds is 73. The maximum Gasteiger partial charge on any atom is 0.472 e. The highest BCUT2D eigenvalue weighted by Crippen LogP contribution is 2.45. The molecule has 0 rings (SSSR count). The van der Waals surface area contributed by atoms with Crippen LogP contribution in [0.25, 0.3) is 0 Å². The molecule has 0 fully saturated rings. The van der Waals surface area contributed by atoms with Gasteiger partial charge in [0, 0.05) is 19.3 Å². The second-order valence-corrected chi connectivity index (χ2v) is 28.6. The summed E-state index contributed by atoms with van der Waals surface area (Å²) in [5.74, 6) is -1.64. The lowest BCUT2D eigenvalue weighted by atomic mass is 10.1. The molecule has 0 bridgehead atoms. The molecule has 5 atom stereocenters. The minimum absolute atomic E-state index is 0.0711. The Kier molecular flexibility index (Phi) is 73.8. The molecule has 0 spiro atoms. The van der Waals surface area contributed by atoms with Crippen molar-refractivity contribution in [3.63, 3.8) is 0 Å². The number of carbonyl (C=O) groups excluding carboxylic acids is 3. The van der Waals surface area contributed by atoms with Gasteiger partial charge in [0.15, 0.2) is 6.10 Å². The minimum atomic E-state index is -4.95. The lowest BCUT2D eigenvalue weighted by Crippen LogP contribution is -2.30. The molecule has 4 N–H and O–H groups in total. The number of aliphatic hydroxyl groups is 2. The molecule has 0 aliphatic rings. The van der Waals surface area contributed by atoms with E-state index in [1.165, 1.54) is 0 Å². The van der Waals surface area contributed by atoms with Crippen LogP contribution in [-0.2, 0) is 55.8 Å². The third kappa shape index (κ3) is 79.3. The minimum Gasteiger partial charge on any atom is -0.463 e. The lowest BCUT2D eigenvalue weighted by molar-refractivity contribution is -0.161. The Morgan fingerprint density at radius 2 is 0.476 bits per heavy atom. The summed E-state index contributed by atoms with van der Waals surface area (Å²) in [6.45, 7) is 2.27. The highest BCUT2D eigenvalue weighted by molar-refractivity contribution is 7.47. The molecule has 0 aromatic rings. The summed E-state index contributed by atoms with van der Waals surface area (Å²) >= 11 is 0. The average molecular weight is 1500 g/mol. The Hall–Kier alpha value is -5.61. The van der Waals surface area contributed by atoms with E-state index < -0.39 is 91.5 Å². The quantitative estimate of drug-likeness (QED) is 0.0146. The number of hydrogen-bond donors (Lipinski definition) is 4. The van der Waals surface area contributed by atoms with Crippen LogP contribution in [0.4, 0.5) is 0 Å². The fraction of sp³-hybridized carbons (Fsp3) is 0.598. The molecule has 0 aliphatic carbocycles. The maximum absolute atomic E-state index is 13.0. The standard InChI is InChI=1S/C87H140O16P2/c1-4-7-10-13-16-19-22-25-28-31-34-37-39-40-42-45-46-49-52-55-58-61-64-67-70-73-85(90)97-76-82(88)77-99-104(93,94)100-78-83(89)79-101-105(95,96)102-81-84(103-87(92)75-72-69-66-63-60-57-54-51-48-43-36-33-30-27-24-21-18-15-12-9-6-3)80-98-86(91)74-71-68-65-62-59-56-53-50-47-44-41-38-35-32-29-26-23-20-17-14-11-8-5-2/h7-12,16-21,25-30,34-38,40,42-44,46-47,49,51,54,82-84,88-89H,4-6,13-15,22-24,31-33,39,41,45,48,50,52-53,55-81H2,1-3H3,(H,93,94)(H,95,96)/b10-7-,11-8-,12-9-,19-16-,20-17-,21-18-,28-25-,29-26-,30-27-,37-34-,38-35-,42-40-,43-36-,47-44-,49-46-,54-51-. The van der Waals surface area contributed by atoms with Crippen LogP contribution in [0.2, 0.25) is 0 Å². The molecule has 0 amide bonds. The number of hydrogen-bond acceptors (Lipinski definition) is 14. The number of unbranched alkanes of at least 4 members (excludes halogenated alkanes) is 18. The normalized spacial score (nSPS) is 15.0. The summed E-state index contributed by atoms with van der Waals surface area (Å²) in [5.41, 5.74) is 0. The van der Waals surface area contributed by atoms with Crippen molar-refractivity contribution in [2.75, 3.05) is 39.6 Å². The summed E-state index contributed by atoms with van der Waals surface area (Å²) in [6.07, 6.45) is 102. The second kappa shape index (κ2) is 78.0. The van der Waals surface area contributed by atoms with E-state index in [4.69, 9.17) is 32.3 Å². The number of aliphatic hydroxyl groups excluding tert-OH is 2. The van der Waals surface area contributed by atoms with Crippen molar-refractivity contribution in [2.24, 2.45) is 0 Å². The molecule has 0 saturated carbocycles. The Morgan fingerprint density at radius 1 is 0.267 bits per heavy atom. The van der Waals surface area contributed by atoms with Gasteiger partial charge in [0.25, 0.3) is 0 Å². The molecular weight excluding hydrogens is 1360 g/mol. The molecule has 0 aliphatic heterocycles. The van der Waals surface area contributed by atoms with E-state index >= 15 is 0 Å². The number of allylic oxidation sites excluding steroid dienone is 32. The highest BCUT2D eigenvalue weighted by atomic mass is 31.2. The van der Waals surface area contributed by atoms with Crippen molar-refractivity contribution >= 4 is 33.6 Å². The van der Waals surface area contributed by atoms with Crippen molar-refractivity contribution < 1.29 is 75.8 Å². The molecule has 0 aromatic heterocycles. The molecule has 0 aromatic carbocycles. The third-order valence-corrected chi connectivity index (χ3v) is 17.7. The van der Waals surface area contributed by atoms with Gasteiger partial charge in [0.2, 0.25) is 0 Å². The fourth-order valence-corrected chi connectivity index (χ4v) is 11.4. The van der Waals surface area contributed by atoms with Gasteiger partial charge in [0.1, 0.15) is 25.4 Å². The third-order valence-electron chi connectivity index (χ3n) is 15.8. The van der Waals surface area contributed by atoms with Crippen LogP contribution in [0, 0.1) is 0 Å². The largest absolute Gasteiger partial charge is 0.472 e. The van der Waals surface area contributed by atoms with Gasteiger partial charge in [-0.25, -0.2) is 9.13 Å². The van der Waals surface area contributed by atoms with Gasteiger partial charge in [-0.15, -0.1) is 0 Å². The summed E-state index contributed by atoms with van der Waals surface area (Å²) in [5, 5.41) is 20.7. The highest BCUT2D eigenvalue weighted by Gasteiger charge is 2.29. The van der Waals surface area contributed by atoms with Crippen LogP contribution in [0.3, 0.4) is 0 Å². The van der Waals surface area contributed by atoms with Crippen LogP contribution in [0.15, 0.2) is 194 Å². The van der Waals surface area contributed by atoms with Crippen LogP contribution in [0.5, 0.6) is 0 Å². The van der Waals surface area contributed by atoms with Crippen molar-refractivity contribution in [1.82, 2.24) is 0 Å². The molecule has 594 valence electrons. The average Bonchev–Trinajstić information content (AvgIpc) is 0.963. The van der Waals surface area contributed by atoms with Crippen LogP contribution in [0.1, 0.15) is 278 Å². The number of esters is 3. The summed E-state index contributed by atoms with van der Waals surface area (Å²) in [6, 6.07) is 0. The molecule has 18 heteroatoms. The van der Waals surface area contributed by atoms with E-state index in [1.807, 2.05) is 0 Å². The van der Waals surface area contributed by atoms with E-state index in [9.17, 15) is 43.5 Å². The van der Waals surface area contributed by atoms with Gasteiger partial charge in [-0.05, 0) is 161 Å².